The molecule has 5 nitrogen and oxygen atoms in total. The fraction of sp³-hybridized carbons (Fsp3) is 0.571. The van der Waals surface area contributed by atoms with E-state index in [1.165, 1.54) is 0 Å². The summed E-state index contributed by atoms with van der Waals surface area (Å²) in [5.41, 5.74) is 6.29. The predicted molar refractivity (Wildman–Crippen MR) is 86.5 cm³/mol. The maximum Gasteiger partial charge on any atom is 0.241 e. The Hall–Kier alpha value is -0.950. The molecule has 1 atom stereocenters. The highest BCUT2D eigenvalue weighted by Crippen LogP contribution is 2.28. The van der Waals surface area contributed by atoms with Crippen molar-refractivity contribution in [3.05, 3.63) is 23.4 Å². The number of hydrogen-bond donors (Lipinski definition) is 1. The summed E-state index contributed by atoms with van der Waals surface area (Å²) in [5, 5.41) is 6.06. The molecule has 0 aliphatic carbocycles. The van der Waals surface area contributed by atoms with Crippen molar-refractivity contribution in [1.29, 1.82) is 0 Å². The van der Waals surface area contributed by atoms with Gasteiger partial charge in [0.2, 0.25) is 11.7 Å². The van der Waals surface area contributed by atoms with E-state index in [9.17, 15) is 0 Å². The van der Waals surface area contributed by atoms with Gasteiger partial charge < -0.3 is 10.3 Å². The molecule has 2 aromatic heterocycles. The number of aromatic nitrogens is 2. The molecule has 116 valence electrons. The van der Waals surface area contributed by atoms with Crippen molar-refractivity contribution in [2.75, 3.05) is 13.1 Å². The van der Waals surface area contributed by atoms with E-state index in [0.717, 1.165) is 24.4 Å². The van der Waals surface area contributed by atoms with Crippen molar-refractivity contribution in [3.8, 4) is 10.7 Å². The Bertz CT molecular complexity index is 569. The van der Waals surface area contributed by atoms with Crippen LogP contribution in [0.25, 0.3) is 10.7 Å². The van der Waals surface area contributed by atoms with Crippen LogP contribution in [-0.2, 0) is 6.54 Å². The summed E-state index contributed by atoms with van der Waals surface area (Å²) in [7, 11) is 0. The minimum Gasteiger partial charge on any atom is -0.338 e. The smallest absolute Gasteiger partial charge is 0.241 e. The van der Waals surface area contributed by atoms with E-state index in [4.69, 9.17) is 10.3 Å². The second kappa shape index (κ2) is 6.44. The van der Waals surface area contributed by atoms with Gasteiger partial charge in [-0.2, -0.15) is 4.98 Å². The first-order chi connectivity index (χ1) is 9.54. The zero-order valence-corrected chi connectivity index (χ0v) is 13.9. The van der Waals surface area contributed by atoms with Gasteiger partial charge >= 0.3 is 0 Å². The molecule has 0 radical (unpaired) electrons. The molecule has 3 heterocycles. The van der Waals surface area contributed by atoms with E-state index in [2.05, 4.69) is 28.9 Å². The molecule has 0 spiro atoms. The maximum atomic E-state index is 6.16. The number of nitrogens with two attached hydrogens (primary N) is 1. The van der Waals surface area contributed by atoms with Crippen molar-refractivity contribution in [3.63, 3.8) is 0 Å². The summed E-state index contributed by atoms with van der Waals surface area (Å²) in [4.78, 5) is 7.86. The van der Waals surface area contributed by atoms with Crippen LogP contribution in [-0.4, -0.2) is 34.2 Å². The first-order valence-corrected chi connectivity index (χ1v) is 7.77. The number of thiophene rings is 1. The van der Waals surface area contributed by atoms with E-state index in [1.807, 2.05) is 17.5 Å². The number of rotatable bonds is 3. The molecule has 0 bridgehead atoms. The van der Waals surface area contributed by atoms with Crippen LogP contribution in [0.3, 0.4) is 0 Å². The summed E-state index contributed by atoms with van der Waals surface area (Å²) in [6.07, 6.45) is 1.01. The van der Waals surface area contributed by atoms with Crippen LogP contribution in [0.4, 0.5) is 0 Å². The molecule has 0 saturated carbocycles. The summed E-state index contributed by atoms with van der Waals surface area (Å²) >= 11 is 1.62. The number of halogens is 1. The minimum atomic E-state index is 0. The first-order valence-electron chi connectivity index (χ1n) is 6.89. The standard InChI is InChI=1S/C14H20N4OS.ClH/c1-14(2)9-18(6-5-11(14)15)8-12-16-13(17-19-12)10-4-3-7-20-10;/h3-4,7,11H,5-6,8-9,15H2,1-2H3;1H. The molecule has 21 heavy (non-hydrogen) atoms. The second-order valence-electron chi connectivity index (χ2n) is 6.08. The van der Waals surface area contributed by atoms with Gasteiger partial charge in [0, 0.05) is 19.1 Å². The molecule has 3 rings (SSSR count). The normalized spacial score (nSPS) is 22.0. The topological polar surface area (TPSA) is 68.2 Å². The molecule has 2 aromatic rings. The zero-order valence-electron chi connectivity index (χ0n) is 12.3. The number of nitrogens with zero attached hydrogens (tertiary/aromatic N) is 3. The van der Waals surface area contributed by atoms with Crippen LogP contribution < -0.4 is 5.73 Å². The Labute approximate surface area is 134 Å². The zero-order chi connectivity index (χ0) is 14.2. The van der Waals surface area contributed by atoms with Gasteiger partial charge in [0.1, 0.15) is 0 Å². The van der Waals surface area contributed by atoms with Gasteiger partial charge in [0.25, 0.3) is 0 Å². The molecule has 1 saturated heterocycles. The quantitative estimate of drug-likeness (QED) is 0.938. The van der Waals surface area contributed by atoms with Crippen LogP contribution in [0.1, 0.15) is 26.2 Å². The molecule has 1 aliphatic heterocycles. The molecule has 1 aliphatic rings. The fourth-order valence-corrected chi connectivity index (χ4v) is 3.29. The van der Waals surface area contributed by atoms with Gasteiger partial charge in [-0.25, -0.2) is 0 Å². The van der Waals surface area contributed by atoms with Gasteiger partial charge in [-0.3, -0.25) is 4.90 Å². The third-order valence-electron chi connectivity index (χ3n) is 3.96. The highest BCUT2D eigenvalue weighted by molar-refractivity contribution is 7.13. The lowest BCUT2D eigenvalue weighted by atomic mass is 9.80. The lowest BCUT2D eigenvalue weighted by molar-refractivity contribution is 0.0811. The average molecular weight is 329 g/mol. The summed E-state index contributed by atoms with van der Waals surface area (Å²) in [5.74, 6) is 1.36. The monoisotopic (exact) mass is 328 g/mol. The minimum absolute atomic E-state index is 0. The molecule has 1 fully saturated rings. The first kappa shape index (κ1) is 16.4. The van der Waals surface area contributed by atoms with Crippen LogP contribution >= 0.6 is 23.7 Å². The molecular weight excluding hydrogens is 308 g/mol. The third kappa shape index (κ3) is 3.63. The fourth-order valence-electron chi connectivity index (χ4n) is 2.64. The molecule has 0 aromatic carbocycles. The molecule has 7 heteroatoms. The summed E-state index contributed by atoms with van der Waals surface area (Å²) in [6, 6.07) is 4.26. The van der Waals surface area contributed by atoms with Crippen LogP contribution in [0.5, 0.6) is 0 Å². The molecule has 1 unspecified atom stereocenters. The van der Waals surface area contributed by atoms with Gasteiger partial charge in [0.05, 0.1) is 11.4 Å². The van der Waals surface area contributed by atoms with Gasteiger partial charge in [0.15, 0.2) is 0 Å². The maximum absolute atomic E-state index is 6.16. The van der Waals surface area contributed by atoms with Gasteiger partial charge in [-0.1, -0.05) is 25.1 Å². The number of piperidine rings is 1. The summed E-state index contributed by atoms with van der Waals surface area (Å²) < 4.78 is 5.36. The van der Waals surface area contributed by atoms with Crippen molar-refractivity contribution in [2.45, 2.75) is 32.9 Å². The molecule has 2 N–H and O–H groups in total. The van der Waals surface area contributed by atoms with Crippen molar-refractivity contribution in [2.24, 2.45) is 11.1 Å². The van der Waals surface area contributed by atoms with E-state index in [-0.39, 0.29) is 23.9 Å². The third-order valence-corrected chi connectivity index (χ3v) is 4.83. The Morgan fingerprint density at radius 2 is 2.33 bits per heavy atom. The highest BCUT2D eigenvalue weighted by Gasteiger charge is 2.33. The van der Waals surface area contributed by atoms with Crippen molar-refractivity contribution in [1.82, 2.24) is 15.0 Å². The Balaban J connectivity index is 0.00000161. The van der Waals surface area contributed by atoms with E-state index in [0.29, 0.717) is 18.3 Å². The van der Waals surface area contributed by atoms with E-state index in [1.54, 1.807) is 11.3 Å². The van der Waals surface area contributed by atoms with Crippen molar-refractivity contribution >= 4 is 23.7 Å². The lowest BCUT2D eigenvalue weighted by Gasteiger charge is -2.42. The van der Waals surface area contributed by atoms with Crippen LogP contribution in [0.2, 0.25) is 0 Å². The van der Waals surface area contributed by atoms with Gasteiger partial charge in [-0.15, -0.1) is 23.7 Å². The van der Waals surface area contributed by atoms with E-state index < -0.39 is 0 Å². The summed E-state index contributed by atoms with van der Waals surface area (Å²) in [6.45, 7) is 7.09. The number of hydrogen-bond acceptors (Lipinski definition) is 6. The van der Waals surface area contributed by atoms with Crippen LogP contribution in [0.15, 0.2) is 22.0 Å². The van der Waals surface area contributed by atoms with Crippen LogP contribution in [0, 0.1) is 5.41 Å². The molecular formula is C14H21ClN4OS. The largest absolute Gasteiger partial charge is 0.338 e. The average Bonchev–Trinajstić information content (AvgIpc) is 3.03. The highest BCUT2D eigenvalue weighted by atomic mass is 35.5. The lowest BCUT2D eigenvalue weighted by Crippen LogP contribution is -2.52. The van der Waals surface area contributed by atoms with E-state index >= 15 is 0 Å². The second-order valence-corrected chi connectivity index (χ2v) is 7.03. The predicted octanol–water partition coefficient (Wildman–Crippen LogP) is 2.78. The van der Waals surface area contributed by atoms with Crippen molar-refractivity contribution < 1.29 is 4.52 Å². The van der Waals surface area contributed by atoms with Gasteiger partial charge in [-0.05, 0) is 23.3 Å². The Morgan fingerprint density at radius 3 is 3.00 bits per heavy atom. The number of likely N-dealkylation sites (tertiary alicyclic amines) is 1. The Kier molecular flexibility index (Phi) is 5.03. The molecule has 0 amide bonds. The Morgan fingerprint density at radius 1 is 1.52 bits per heavy atom. The SMILES string of the molecule is CC1(C)CN(Cc2nc(-c3cccs3)no2)CCC1N.Cl.